The van der Waals surface area contributed by atoms with Crippen LogP contribution in [0.5, 0.6) is 0 Å². The van der Waals surface area contributed by atoms with Crippen molar-refractivity contribution < 1.29 is 0 Å². The van der Waals surface area contributed by atoms with Crippen LogP contribution in [0.3, 0.4) is 0 Å². The molecule has 16 heavy (non-hydrogen) atoms. The van der Waals surface area contributed by atoms with Gasteiger partial charge >= 0.3 is 0 Å². The van der Waals surface area contributed by atoms with E-state index in [0.29, 0.717) is 0 Å². The molecule has 0 aliphatic rings. The Kier molecular flexibility index (Phi) is 3.06. The number of nitrogens with two attached hydrogens (primary N) is 1. The van der Waals surface area contributed by atoms with E-state index in [9.17, 15) is 0 Å². The summed E-state index contributed by atoms with van der Waals surface area (Å²) in [6.07, 6.45) is 1.93. The molecule has 0 radical (unpaired) electrons. The van der Waals surface area contributed by atoms with Crippen LogP contribution in [0.1, 0.15) is 21.1 Å². The van der Waals surface area contributed by atoms with E-state index in [0.717, 1.165) is 22.0 Å². The van der Waals surface area contributed by atoms with Gasteiger partial charge < -0.3 is 5.73 Å². The lowest BCUT2D eigenvalue weighted by atomic mass is 10.1. The second-order valence-corrected chi connectivity index (χ2v) is 4.89. The fourth-order valence-electron chi connectivity index (χ4n) is 1.41. The van der Waals surface area contributed by atoms with Gasteiger partial charge in [-0.1, -0.05) is 30.3 Å². The van der Waals surface area contributed by atoms with Crippen molar-refractivity contribution in [3.63, 3.8) is 0 Å². The molecule has 3 heteroatoms. The Bertz CT molecular complexity index is 492. The van der Waals surface area contributed by atoms with Crippen LogP contribution in [0.15, 0.2) is 30.3 Å². The van der Waals surface area contributed by atoms with Crippen LogP contribution >= 0.6 is 11.3 Å². The maximum atomic E-state index is 6.01. The van der Waals surface area contributed by atoms with Crippen molar-refractivity contribution in [3.05, 3.63) is 51.5 Å². The molecule has 1 heterocycles. The third-order valence-corrected chi connectivity index (χ3v) is 3.45. The Hall–Kier alpha value is -1.61. The van der Waals surface area contributed by atoms with Gasteiger partial charge in [-0.05, 0) is 25.5 Å². The first-order valence-corrected chi connectivity index (χ1v) is 5.95. The number of hydrogen-bond donors (Lipinski definition) is 1. The number of aromatic nitrogens is 1. The summed E-state index contributed by atoms with van der Waals surface area (Å²) in [5, 5.41) is 0.969. The van der Waals surface area contributed by atoms with Crippen molar-refractivity contribution in [1.82, 2.24) is 4.98 Å². The van der Waals surface area contributed by atoms with Gasteiger partial charge in [0.2, 0.25) is 0 Å². The second-order valence-electron chi connectivity index (χ2n) is 3.66. The lowest BCUT2D eigenvalue weighted by Gasteiger charge is -1.99. The largest absolute Gasteiger partial charge is 0.398 e. The third kappa shape index (κ3) is 2.31. The van der Waals surface area contributed by atoms with Crippen LogP contribution in [-0.4, -0.2) is 4.98 Å². The average molecular weight is 230 g/mol. The van der Waals surface area contributed by atoms with Crippen LogP contribution in [0.25, 0.3) is 11.8 Å². The Morgan fingerprint density at radius 2 is 1.94 bits per heavy atom. The zero-order valence-electron chi connectivity index (χ0n) is 9.40. The van der Waals surface area contributed by atoms with Gasteiger partial charge in [-0.15, -0.1) is 11.3 Å². The summed E-state index contributed by atoms with van der Waals surface area (Å²) in [7, 11) is 0. The van der Waals surface area contributed by atoms with E-state index in [1.54, 1.807) is 11.3 Å². The molecule has 0 atom stereocenters. The Morgan fingerprint density at radius 1 is 1.25 bits per heavy atom. The topological polar surface area (TPSA) is 38.9 Å². The minimum atomic E-state index is 0.759. The molecular weight excluding hydrogens is 216 g/mol. The molecule has 2 rings (SSSR count). The molecule has 0 aliphatic carbocycles. The third-order valence-electron chi connectivity index (χ3n) is 2.43. The van der Waals surface area contributed by atoms with Crippen molar-refractivity contribution >= 4 is 23.1 Å². The van der Waals surface area contributed by atoms with Gasteiger partial charge in [-0.3, -0.25) is 0 Å². The molecule has 0 saturated carbocycles. The number of rotatable bonds is 2. The summed E-state index contributed by atoms with van der Waals surface area (Å²) in [5.74, 6) is 0. The van der Waals surface area contributed by atoms with Crippen molar-refractivity contribution in [2.45, 2.75) is 13.8 Å². The van der Waals surface area contributed by atoms with Crippen LogP contribution in [-0.2, 0) is 0 Å². The van der Waals surface area contributed by atoms with Gasteiger partial charge in [0.05, 0.1) is 5.69 Å². The monoisotopic (exact) mass is 230 g/mol. The van der Waals surface area contributed by atoms with Gasteiger partial charge in [0.1, 0.15) is 5.01 Å². The Labute approximate surface area is 99.5 Å². The summed E-state index contributed by atoms with van der Waals surface area (Å²) >= 11 is 1.67. The van der Waals surface area contributed by atoms with E-state index in [2.05, 4.69) is 11.9 Å². The Morgan fingerprint density at radius 3 is 2.50 bits per heavy atom. The molecule has 0 fully saturated rings. The molecule has 0 amide bonds. The lowest BCUT2D eigenvalue weighted by Crippen LogP contribution is -1.95. The van der Waals surface area contributed by atoms with Crippen molar-refractivity contribution in [3.8, 4) is 0 Å². The van der Waals surface area contributed by atoms with Crippen molar-refractivity contribution in [2.75, 3.05) is 0 Å². The highest BCUT2D eigenvalue weighted by atomic mass is 32.1. The lowest BCUT2D eigenvalue weighted by molar-refractivity contribution is 1.22. The van der Waals surface area contributed by atoms with Crippen molar-refractivity contribution in [2.24, 2.45) is 5.73 Å². The van der Waals surface area contributed by atoms with Crippen LogP contribution in [0.4, 0.5) is 0 Å². The van der Waals surface area contributed by atoms with Gasteiger partial charge in [0.25, 0.3) is 0 Å². The highest BCUT2D eigenvalue weighted by molar-refractivity contribution is 7.12. The molecule has 2 nitrogen and oxygen atoms in total. The molecule has 2 aromatic rings. The molecule has 0 bridgehead atoms. The molecule has 1 aromatic carbocycles. The maximum Gasteiger partial charge on any atom is 0.118 e. The fraction of sp³-hybridized carbons (Fsp3) is 0.154. The van der Waals surface area contributed by atoms with Crippen LogP contribution in [0.2, 0.25) is 0 Å². The molecule has 82 valence electrons. The second kappa shape index (κ2) is 4.49. The zero-order valence-corrected chi connectivity index (χ0v) is 10.2. The smallest absolute Gasteiger partial charge is 0.118 e. The SMILES string of the molecule is Cc1nc(C=C(N)c2ccccc2)sc1C. The normalized spacial score (nSPS) is 11.8. The minimum Gasteiger partial charge on any atom is -0.398 e. The quantitative estimate of drug-likeness (QED) is 0.860. The zero-order chi connectivity index (χ0) is 11.5. The van der Waals surface area contributed by atoms with Crippen LogP contribution in [0, 0.1) is 13.8 Å². The van der Waals surface area contributed by atoms with E-state index in [4.69, 9.17) is 5.73 Å². The average Bonchev–Trinajstić information content (AvgIpc) is 2.59. The van der Waals surface area contributed by atoms with Gasteiger partial charge in [0, 0.05) is 10.6 Å². The standard InChI is InChI=1S/C13H14N2S/c1-9-10(2)16-13(15-9)8-12(14)11-6-4-3-5-7-11/h3-8H,14H2,1-2H3. The molecule has 0 saturated heterocycles. The highest BCUT2D eigenvalue weighted by Gasteiger charge is 2.02. The summed E-state index contributed by atoms with van der Waals surface area (Å²) in [4.78, 5) is 5.68. The number of hydrogen-bond acceptors (Lipinski definition) is 3. The number of nitrogens with zero attached hydrogens (tertiary/aromatic N) is 1. The number of aryl methyl sites for hydroxylation is 2. The van der Waals surface area contributed by atoms with E-state index >= 15 is 0 Å². The number of benzene rings is 1. The fourth-order valence-corrected chi connectivity index (χ4v) is 2.28. The minimum absolute atomic E-state index is 0.759. The molecule has 0 aliphatic heterocycles. The predicted molar refractivity (Wildman–Crippen MR) is 70.1 cm³/mol. The van der Waals surface area contributed by atoms with E-state index in [-0.39, 0.29) is 0 Å². The summed E-state index contributed by atoms with van der Waals surface area (Å²) in [6.45, 7) is 4.09. The van der Waals surface area contributed by atoms with Crippen molar-refractivity contribution in [1.29, 1.82) is 0 Å². The highest BCUT2D eigenvalue weighted by Crippen LogP contribution is 2.20. The molecule has 1 aromatic heterocycles. The van der Waals surface area contributed by atoms with Crippen LogP contribution < -0.4 is 5.73 Å². The molecule has 0 unspecified atom stereocenters. The Balaban J connectivity index is 2.31. The first-order chi connectivity index (χ1) is 7.66. The predicted octanol–water partition coefficient (Wildman–Crippen LogP) is 3.22. The number of thiazole rings is 1. The molecular formula is C13H14N2S. The first-order valence-electron chi connectivity index (χ1n) is 5.13. The van der Waals surface area contributed by atoms with Gasteiger partial charge in [-0.2, -0.15) is 0 Å². The van der Waals surface area contributed by atoms with Gasteiger partial charge in [-0.25, -0.2) is 4.98 Å². The van der Waals surface area contributed by atoms with E-state index in [1.807, 2.05) is 43.3 Å². The maximum absolute atomic E-state index is 6.01. The summed E-state index contributed by atoms with van der Waals surface area (Å²) < 4.78 is 0. The molecule has 0 spiro atoms. The molecule has 2 N–H and O–H groups in total. The van der Waals surface area contributed by atoms with Gasteiger partial charge in [0.15, 0.2) is 0 Å². The van der Waals surface area contributed by atoms with E-state index < -0.39 is 0 Å². The summed E-state index contributed by atoms with van der Waals surface area (Å²) in [6, 6.07) is 9.94. The summed E-state index contributed by atoms with van der Waals surface area (Å²) in [5.41, 5.74) is 8.89. The first kappa shape index (κ1) is 10.9. The van der Waals surface area contributed by atoms with E-state index in [1.165, 1.54) is 4.88 Å².